The van der Waals surface area contributed by atoms with Crippen LogP contribution in [-0.2, 0) is 24.7 Å². The van der Waals surface area contributed by atoms with E-state index in [1.165, 1.54) is 23.1 Å². The maximum atomic E-state index is 2.22. The Kier molecular flexibility index (Phi) is 5.54. The quantitative estimate of drug-likeness (QED) is 0.683. The van der Waals surface area contributed by atoms with Gasteiger partial charge in [-0.1, -0.05) is 60.7 Å². The molecular weight excluding hydrogens is 307 g/mol. The zero-order valence-electron chi connectivity index (χ0n) is 11.1. The van der Waals surface area contributed by atoms with E-state index < -0.39 is 0 Å². The predicted molar refractivity (Wildman–Crippen MR) is 78.3 cm³/mol. The molecule has 19 heavy (non-hydrogen) atoms. The Hall–Kier alpha value is -1.20. The van der Waals surface area contributed by atoms with Crippen LogP contribution in [0.25, 0.3) is 11.1 Å². The summed E-state index contributed by atoms with van der Waals surface area (Å²) in [5.74, 6) is 0. The van der Waals surface area contributed by atoms with E-state index in [1.807, 2.05) is 12.1 Å². The second-order valence-corrected chi connectivity index (χ2v) is 5.98. The standard InChI is InChI=1S/C12H10.C6H7.Zr/c1-3-7-11(8-4-1)12-9-5-2-6-10-12;1-6-4-2-3-5-6;/h1-10H;2,4H,3H2,1H3;. The van der Waals surface area contributed by atoms with Gasteiger partial charge in [0.1, 0.15) is 0 Å². The molecule has 1 heteroatoms. The van der Waals surface area contributed by atoms with Crippen molar-refractivity contribution in [2.24, 2.45) is 0 Å². The predicted octanol–water partition coefficient (Wildman–Crippen LogP) is 5.12. The summed E-state index contributed by atoms with van der Waals surface area (Å²) in [6.45, 7) is 2.17. The van der Waals surface area contributed by atoms with Gasteiger partial charge in [-0.2, -0.15) is 0 Å². The minimum atomic E-state index is 1.21. The van der Waals surface area contributed by atoms with Crippen LogP contribution in [0.15, 0.2) is 81.7 Å². The number of hydrogen-bond acceptors (Lipinski definition) is 0. The van der Waals surface area contributed by atoms with Crippen LogP contribution in [-0.4, -0.2) is 0 Å². The summed E-state index contributed by atoms with van der Waals surface area (Å²) >= 11 is 1.58. The first kappa shape index (κ1) is 14.2. The maximum Gasteiger partial charge on any atom is -0.0184 e. The monoisotopic (exact) mass is 323 g/mol. The van der Waals surface area contributed by atoms with Crippen molar-refractivity contribution in [3.63, 3.8) is 0 Å². The molecule has 0 bridgehead atoms. The Morgan fingerprint density at radius 3 is 1.53 bits per heavy atom. The van der Waals surface area contributed by atoms with Crippen molar-refractivity contribution in [3.05, 3.63) is 81.7 Å². The molecular formula is C18H17Zr. The summed E-state index contributed by atoms with van der Waals surface area (Å²) in [6.07, 6.45) is 5.63. The third-order valence-corrected chi connectivity index (χ3v) is 4.52. The third kappa shape index (κ3) is 4.44. The van der Waals surface area contributed by atoms with Gasteiger partial charge in [-0.05, 0) is 11.1 Å². The Morgan fingerprint density at radius 1 is 0.789 bits per heavy atom. The molecule has 0 aromatic heterocycles. The fourth-order valence-corrected chi connectivity index (χ4v) is 2.37. The van der Waals surface area contributed by atoms with Crippen molar-refractivity contribution < 1.29 is 24.7 Å². The third-order valence-electron chi connectivity index (χ3n) is 3.05. The Morgan fingerprint density at radius 2 is 1.26 bits per heavy atom. The van der Waals surface area contributed by atoms with E-state index in [4.69, 9.17) is 0 Å². The molecule has 2 aromatic rings. The molecule has 0 saturated carbocycles. The van der Waals surface area contributed by atoms with Crippen LogP contribution in [0.5, 0.6) is 0 Å². The van der Waals surface area contributed by atoms with Gasteiger partial charge >= 0.3 is 59.1 Å². The van der Waals surface area contributed by atoms with Gasteiger partial charge in [0.2, 0.25) is 0 Å². The Balaban J connectivity index is 0.000000163. The minimum Gasteiger partial charge on any atom is -0.0622 e. The van der Waals surface area contributed by atoms with Crippen molar-refractivity contribution in [2.75, 3.05) is 0 Å². The van der Waals surface area contributed by atoms with Gasteiger partial charge in [-0.25, -0.2) is 0 Å². The largest absolute Gasteiger partial charge is 0.0622 e. The number of allylic oxidation sites excluding steroid dienone is 4. The van der Waals surface area contributed by atoms with Crippen LogP contribution in [0, 0.1) is 0 Å². The van der Waals surface area contributed by atoms with Crippen LogP contribution in [0.4, 0.5) is 0 Å². The topological polar surface area (TPSA) is 0 Å². The summed E-state index contributed by atoms with van der Waals surface area (Å²) in [5.41, 5.74) is 4.04. The van der Waals surface area contributed by atoms with E-state index in [0.29, 0.717) is 0 Å². The first-order valence-electron chi connectivity index (χ1n) is 6.46. The molecule has 0 heterocycles. The van der Waals surface area contributed by atoms with Crippen LogP contribution >= 0.6 is 0 Å². The maximum absolute atomic E-state index is 2.22. The number of hydrogen-bond donors (Lipinski definition) is 0. The Labute approximate surface area is 130 Å². The molecule has 0 spiro atoms. The van der Waals surface area contributed by atoms with Crippen molar-refractivity contribution in [1.29, 1.82) is 0 Å². The van der Waals surface area contributed by atoms with E-state index in [2.05, 4.69) is 67.6 Å². The molecule has 0 atom stereocenters. The summed E-state index contributed by atoms with van der Waals surface area (Å²) < 4.78 is 1.60. The molecule has 0 saturated heterocycles. The minimum absolute atomic E-state index is 1.21. The normalized spacial score (nSPS) is 13.1. The zero-order chi connectivity index (χ0) is 13.5. The average Bonchev–Trinajstić information content (AvgIpc) is 2.85. The van der Waals surface area contributed by atoms with Gasteiger partial charge in [-0.15, -0.1) is 0 Å². The van der Waals surface area contributed by atoms with E-state index >= 15 is 0 Å². The van der Waals surface area contributed by atoms with Gasteiger partial charge in [0, 0.05) is 0 Å². The van der Waals surface area contributed by atoms with Crippen molar-refractivity contribution >= 4 is 0 Å². The molecule has 0 N–H and O–H groups in total. The van der Waals surface area contributed by atoms with E-state index in [0.717, 1.165) is 0 Å². The van der Waals surface area contributed by atoms with Gasteiger partial charge in [-0.3, -0.25) is 0 Å². The van der Waals surface area contributed by atoms with Gasteiger partial charge < -0.3 is 0 Å². The molecule has 0 unspecified atom stereocenters. The Bertz CT molecular complexity index is 528. The van der Waals surface area contributed by atoms with Gasteiger partial charge in [0.25, 0.3) is 0 Å². The summed E-state index contributed by atoms with van der Waals surface area (Å²) in [6, 6.07) is 20.8. The molecule has 3 rings (SSSR count). The average molecular weight is 325 g/mol. The van der Waals surface area contributed by atoms with Crippen molar-refractivity contribution in [2.45, 2.75) is 13.3 Å². The van der Waals surface area contributed by atoms with E-state index in [-0.39, 0.29) is 0 Å². The molecule has 1 aliphatic carbocycles. The van der Waals surface area contributed by atoms with E-state index in [9.17, 15) is 0 Å². The van der Waals surface area contributed by atoms with Crippen molar-refractivity contribution in [1.82, 2.24) is 0 Å². The van der Waals surface area contributed by atoms with Gasteiger partial charge in [0.05, 0.1) is 0 Å². The summed E-state index contributed by atoms with van der Waals surface area (Å²) in [5, 5.41) is 0. The zero-order valence-corrected chi connectivity index (χ0v) is 13.6. The second kappa shape index (κ2) is 7.41. The SMILES string of the molecule is CC1=[C]([Zr])CC=C1.c1ccc(-c2ccccc2)cc1. The van der Waals surface area contributed by atoms with Crippen LogP contribution in [0.2, 0.25) is 0 Å². The van der Waals surface area contributed by atoms with Crippen LogP contribution < -0.4 is 0 Å². The van der Waals surface area contributed by atoms with E-state index in [1.54, 1.807) is 28.0 Å². The fraction of sp³-hybridized carbons (Fsp3) is 0.111. The number of benzene rings is 2. The molecule has 93 valence electrons. The molecule has 0 nitrogen and oxygen atoms in total. The second-order valence-electron chi connectivity index (χ2n) is 4.50. The number of rotatable bonds is 1. The van der Waals surface area contributed by atoms with Gasteiger partial charge in [0.15, 0.2) is 0 Å². The molecule has 0 aliphatic heterocycles. The first-order chi connectivity index (χ1) is 9.27. The molecule has 0 fully saturated rings. The fourth-order valence-electron chi connectivity index (χ4n) is 1.88. The molecule has 0 radical (unpaired) electrons. The summed E-state index contributed by atoms with van der Waals surface area (Å²) in [4.78, 5) is 0. The smallest absolute Gasteiger partial charge is 0.0184 e. The van der Waals surface area contributed by atoms with Crippen molar-refractivity contribution in [3.8, 4) is 11.1 Å². The molecule has 1 aliphatic rings. The first-order valence-corrected chi connectivity index (χ1v) is 7.68. The summed E-state index contributed by atoms with van der Waals surface area (Å²) in [7, 11) is 0. The molecule has 0 amide bonds. The van der Waals surface area contributed by atoms with Crippen LogP contribution in [0.3, 0.4) is 0 Å². The molecule has 2 aromatic carbocycles. The van der Waals surface area contributed by atoms with Crippen LogP contribution in [0.1, 0.15) is 13.3 Å².